The number of carbonyl (C=O) groups is 2. The zero-order chi connectivity index (χ0) is 23.4. The fourth-order valence-electron chi connectivity index (χ4n) is 3.84. The van der Waals surface area contributed by atoms with Gasteiger partial charge in [0.15, 0.2) is 0 Å². The standard InChI is InChI=1S/C24H27ClN2O5/c1-26(2)11-8-12-27-21(15-9-6-5-7-10-15)20(23(29)24(27)30)22(28)16-13-17(25)19(32-4)14-18(16)31-3/h5-7,9-10,13-14,21,28H,8,11-12H2,1-4H3/b22-20+. The Labute approximate surface area is 192 Å². The Bertz CT molecular complexity index is 1040. The van der Waals surface area contributed by atoms with Crippen molar-refractivity contribution in [1.82, 2.24) is 9.80 Å². The first-order valence-electron chi connectivity index (χ1n) is 10.2. The molecule has 1 aliphatic heterocycles. The van der Waals surface area contributed by atoms with Crippen LogP contribution in [0.25, 0.3) is 5.76 Å². The zero-order valence-electron chi connectivity index (χ0n) is 18.6. The van der Waals surface area contributed by atoms with Gasteiger partial charge in [-0.3, -0.25) is 9.59 Å². The second-order valence-electron chi connectivity index (χ2n) is 7.75. The van der Waals surface area contributed by atoms with E-state index in [9.17, 15) is 14.7 Å². The number of ketones is 1. The van der Waals surface area contributed by atoms with Crippen molar-refractivity contribution in [3.63, 3.8) is 0 Å². The molecule has 0 saturated carbocycles. The molecule has 8 heteroatoms. The number of benzene rings is 2. The molecule has 1 unspecified atom stereocenters. The number of carbonyl (C=O) groups excluding carboxylic acids is 2. The van der Waals surface area contributed by atoms with Gasteiger partial charge in [-0.15, -0.1) is 0 Å². The first kappa shape index (κ1) is 23.6. The van der Waals surface area contributed by atoms with Gasteiger partial charge in [0.2, 0.25) is 0 Å². The lowest BCUT2D eigenvalue weighted by molar-refractivity contribution is -0.139. The van der Waals surface area contributed by atoms with Crippen molar-refractivity contribution in [2.75, 3.05) is 41.4 Å². The monoisotopic (exact) mass is 458 g/mol. The van der Waals surface area contributed by atoms with Crippen LogP contribution in [0.1, 0.15) is 23.6 Å². The fourth-order valence-corrected chi connectivity index (χ4v) is 4.08. The number of Topliss-reactive ketones (excluding diaryl/α,β-unsaturated/α-hetero) is 1. The minimum absolute atomic E-state index is 0.00517. The second kappa shape index (κ2) is 10.1. The third-order valence-electron chi connectivity index (χ3n) is 5.39. The van der Waals surface area contributed by atoms with Gasteiger partial charge in [0.1, 0.15) is 17.3 Å². The molecule has 0 radical (unpaired) electrons. The Kier molecular flexibility index (Phi) is 7.43. The molecule has 0 bridgehead atoms. The number of likely N-dealkylation sites (tertiary alicyclic amines) is 1. The van der Waals surface area contributed by atoms with Gasteiger partial charge in [0.05, 0.1) is 36.4 Å². The summed E-state index contributed by atoms with van der Waals surface area (Å²) < 4.78 is 10.6. The third-order valence-corrected chi connectivity index (χ3v) is 5.68. The number of rotatable bonds is 8. The van der Waals surface area contributed by atoms with Gasteiger partial charge in [-0.2, -0.15) is 0 Å². The predicted octanol–water partition coefficient (Wildman–Crippen LogP) is 3.73. The van der Waals surface area contributed by atoms with Crippen molar-refractivity contribution in [1.29, 1.82) is 0 Å². The number of amides is 1. The smallest absolute Gasteiger partial charge is 0.295 e. The Morgan fingerprint density at radius 2 is 1.75 bits per heavy atom. The van der Waals surface area contributed by atoms with Crippen LogP contribution >= 0.6 is 11.6 Å². The summed E-state index contributed by atoms with van der Waals surface area (Å²) in [5.74, 6) is -1.08. The molecule has 3 rings (SSSR count). The van der Waals surface area contributed by atoms with Crippen LogP contribution in [0.15, 0.2) is 48.0 Å². The molecule has 1 saturated heterocycles. The fraction of sp³-hybridized carbons (Fsp3) is 0.333. The molecule has 1 atom stereocenters. The number of nitrogens with zero attached hydrogens (tertiary/aromatic N) is 2. The van der Waals surface area contributed by atoms with Gasteiger partial charge in [0.25, 0.3) is 11.7 Å². The van der Waals surface area contributed by atoms with E-state index in [-0.39, 0.29) is 27.7 Å². The van der Waals surface area contributed by atoms with Gasteiger partial charge >= 0.3 is 0 Å². The maximum Gasteiger partial charge on any atom is 0.295 e. The van der Waals surface area contributed by atoms with Crippen LogP contribution in [0, 0.1) is 0 Å². The molecule has 1 fully saturated rings. The molecule has 2 aromatic rings. The zero-order valence-corrected chi connectivity index (χ0v) is 19.3. The number of ether oxygens (including phenoxy) is 2. The summed E-state index contributed by atoms with van der Waals surface area (Å²) in [6, 6.07) is 11.5. The highest BCUT2D eigenvalue weighted by Crippen LogP contribution is 2.42. The maximum atomic E-state index is 13.1. The van der Waals surface area contributed by atoms with Crippen LogP contribution < -0.4 is 9.47 Å². The normalized spacial score (nSPS) is 17.8. The summed E-state index contributed by atoms with van der Waals surface area (Å²) >= 11 is 6.27. The average Bonchev–Trinajstić information content (AvgIpc) is 3.03. The van der Waals surface area contributed by atoms with Gasteiger partial charge in [0, 0.05) is 12.6 Å². The lowest BCUT2D eigenvalue weighted by Gasteiger charge is -2.26. The molecular weight excluding hydrogens is 432 g/mol. The van der Waals surface area contributed by atoms with Crippen LogP contribution in [0.4, 0.5) is 0 Å². The number of hydrogen-bond acceptors (Lipinski definition) is 6. The third kappa shape index (κ3) is 4.59. The summed E-state index contributed by atoms with van der Waals surface area (Å²) in [4.78, 5) is 29.6. The average molecular weight is 459 g/mol. The molecule has 0 spiro atoms. The Hall–Kier alpha value is -3.03. The molecule has 0 aromatic heterocycles. The maximum absolute atomic E-state index is 13.1. The van der Waals surface area contributed by atoms with E-state index in [0.717, 1.165) is 12.1 Å². The van der Waals surface area contributed by atoms with Crippen molar-refractivity contribution in [3.8, 4) is 11.5 Å². The van der Waals surface area contributed by atoms with Gasteiger partial charge in [-0.05, 0) is 38.7 Å². The number of methoxy groups -OCH3 is 2. The van der Waals surface area contributed by atoms with Gasteiger partial charge in [-0.1, -0.05) is 41.9 Å². The Balaban J connectivity index is 2.16. The van der Waals surface area contributed by atoms with E-state index in [0.29, 0.717) is 18.7 Å². The molecule has 7 nitrogen and oxygen atoms in total. The molecular formula is C24H27ClN2O5. The van der Waals surface area contributed by atoms with E-state index in [2.05, 4.69) is 0 Å². The molecule has 1 aliphatic rings. The number of hydrogen-bond donors (Lipinski definition) is 1. The quantitative estimate of drug-likeness (QED) is 0.369. The summed E-state index contributed by atoms with van der Waals surface area (Å²) in [6.07, 6.45) is 0.682. The van der Waals surface area contributed by atoms with Crippen molar-refractivity contribution < 1.29 is 24.2 Å². The molecule has 32 heavy (non-hydrogen) atoms. The summed E-state index contributed by atoms with van der Waals surface area (Å²) in [6.45, 7) is 1.13. The van der Waals surface area contributed by atoms with Crippen molar-refractivity contribution in [3.05, 3.63) is 64.2 Å². The van der Waals surface area contributed by atoms with E-state index in [1.165, 1.54) is 31.3 Å². The summed E-state index contributed by atoms with van der Waals surface area (Å²) in [5, 5.41) is 11.5. The van der Waals surface area contributed by atoms with Crippen molar-refractivity contribution in [2.45, 2.75) is 12.5 Å². The van der Waals surface area contributed by atoms with E-state index in [4.69, 9.17) is 21.1 Å². The summed E-state index contributed by atoms with van der Waals surface area (Å²) in [5.41, 5.74) is 0.952. The minimum Gasteiger partial charge on any atom is -0.507 e. The number of aliphatic hydroxyl groups excluding tert-OH is 1. The molecule has 2 aromatic carbocycles. The minimum atomic E-state index is -0.741. The largest absolute Gasteiger partial charge is 0.507 e. The van der Waals surface area contributed by atoms with Crippen LogP contribution in [0.2, 0.25) is 5.02 Å². The van der Waals surface area contributed by atoms with E-state index < -0.39 is 17.7 Å². The first-order chi connectivity index (χ1) is 15.3. The predicted molar refractivity (Wildman–Crippen MR) is 123 cm³/mol. The Morgan fingerprint density at radius 1 is 1.09 bits per heavy atom. The Morgan fingerprint density at radius 3 is 2.34 bits per heavy atom. The highest BCUT2D eigenvalue weighted by molar-refractivity contribution is 6.46. The topological polar surface area (TPSA) is 79.3 Å². The summed E-state index contributed by atoms with van der Waals surface area (Å²) in [7, 11) is 6.80. The van der Waals surface area contributed by atoms with Crippen molar-refractivity contribution >= 4 is 29.1 Å². The lowest BCUT2D eigenvalue weighted by Crippen LogP contribution is -2.32. The number of halogens is 1. The van der Waals surface area contributed by atoms with Crippen molar-refractivity contribution in [2.24, 2.45) is 0 Å². The SMILES string of the molecule is COc1cc(OC)c(/C(O)=C2\C(=O)C(=O)N(CCCN(C)C)C2c2ccccc2)cc1Cl. The van der Waals surface area contributed by atoms with Crippen LogP contribution in [-0.4, -0.2) is 68.0 Å². The lowest BCUT2D eigenvalue weighted by atomic mass is 9.95. The second-order valence-corrected chi connectivity index (χ2v) is 8.15. The molecule has 0 aliphatic carbocycles. The highest BCUT2D eigenvalue weighted by atomic mass is 35.5. The molecule has 1 N–H and O–H groups in total. The highest BCUT2D eigenvalue weighted by Gasteiger charge is 2.46. The number of aliphatic hydroxyl groups is 1. The first-order valence-corrected chi connectivity index (χ1v) is 10.6. The molecule has 1 amide bonds. The van der Waals surface area contributed by atoms with Gasteiger partial charge in [-0.25, -0.2) is 0 Å². The van der Waals surface area contributed by atoms with Crippen LogP contribution in [0.3, 0.4) is 0 Å². The van der Waals surface area contributed by atoms with Crippen LogP contribution in [0.5, 0.6) is 11.5 Å². The van der Waals surface area contributed by atoms with E-state index >= 15 is 0 Å². The van der Waals surface area contributed by atoms with Gasteiger partial charge < -0.3 is 24.4 Å². The van der Waals surface area contributed by atoms with E-state index in [1.807, 2.05) is 49.3 Å². The van der Waals surface area contributed by atoms with E-state index in [1.54, 1.807) is 0 Å². The molecule has 170 valence electrons. The molecule has 1 heterocycles. The van der Waals surface area contributed by atoms with Crippen LogP contribution in [-0.2, 0) is 9.59 Å².